The summed E-state index contributed by atoms with van der Waals surface area (Å²) in [5.41, 5.74) is 0.527. The summed E-state index contributed by atoms with van der Waals surface area (Å²) < 4.78 is 21.9. The van der Waals surface area contributed by atoms with E-state index in [4.69, 9.17) is 4.74 Å². The molecule has 1 rings (SSSR count). The molecule has 0 aliphatic heterocycles. The van der Waals surface area contributed by atoms with Crippen molar-refractivity contribution in [1.82, 2.24) is 4.37 Å². The number of methoxy groups -OCH3 is 1. The Labute approximate surface area is 75.5 Å². The number of ether oxygens (including phenoxy) is 1. The molecule has 0 atom stereocenters. The second-order valence-corrected chi connectivity index (χ2v) is 4.31. The maximum atomic E-state index is 13.0. The van der Waals surface area contributed by atoms with Crippen molar-refractivity contribution in [2.45, 2.75) is 26.2 Å². The zero-order valence-electron chi connectivity index (χ0n) is 7.64. The van der Waals surface area contributed by atoms with Crippen LogP contribution >= 0.6 is 11.5 Å². The number of hydrogen-bond acceptors (Lipinski definition) is 3. The van der Waals surface area contributed by atoms with Crippen molar-refractivity contribution in [1.29, 1.82) is 0 Å². The zero-order chi connectivity index (χ0) is 9.35. The van der Waals surface area contributed by atoms with E-state index < -0.39 is 0 Å². The van der Waals surface area contributed by atoms with E-state index in [2.05, 4.69) is 4.37 Å². The number of nitrogens with zero attached hydrogens (tertiary/aromatic N) is 1. The second-order valence-electron chi connectivity index (χ2n) is 3.59. The van der Waals surface area contributed by atoms with Gasteiger partial charge in [0.05, 0.1) is 7.11 Å². The smallest absolute Gasteiger partial charge is 0.237 e. The van der Waals surface area contributed by atoms with Gasteiger partial charge in [0.25, 0.3) is 0 Å². The van der Waals surface area contributed by atoms with E-state index in [1.165, 1.54) is 7.11 Å². The van der Waals surface area contributed by atoms with Crippen molar-refractivity contribution in [2.75, 3.05) is 7.11 Å². The lowest BCUT2D eigenvalue weighted by atomic mass is 9.92. The largest absolute Gasteiger partial charge is 0.491 e. The molecule has 0 aliphatic rings. The third kappa shape index (κ3) is 1.58. The maximum Gasteiger partial charge on any atom is 0.237 e. The van der Waals surface area contributed by atoms with Gasteiger partial charge in [-0.25, -0.2) is 0 Å². The molecule has 0 spiro atoms. The fraction of sp³-hybridized carbons (Fsp3) is 0.625. The number of hydrogen-bond donors (Lipinski definition) is 0. The first-order chi connectivity index (χ1) is 5.46. The van der Waals surface area contributed by atoms with Gasteiger partial charge in [0.15, 0.2) is 5.75 Å². The zero-order valence-corrected chi connectivity index (χ0v) is 8.46. The Morgan fingerprint density at radius 2 is 2.00 bits per heavy atom. The molecular weight excluding hydrogens is 177 g/mol. The van der Waals surface area contributed by atoms with Crippen molar-refractivity contribution in [3.05, 3.63) is 10.8 Å². The minimum atomic E-state index is -0.345. The van der Waals surface area contributed by atoms with Crippen LogP contribution < -0.4 is 4.74 Å². The summed E-state index contributed by atoms with van der Waals surface area (Å²) in [4.78, 5) is 0. The molecule has 0 radical (unpaired) electrons. The van der Waals surface area contributed by atoms with Crippen LogP contribution in [0.3, 0.4) is 0 Å². The second kappa shape index (κ2) is 3.01. The first-order valence-electron chi connectivity index (χ1n) is 3.66. The highest BCUT2D eigenvalue weighted by molar-refractivity contribution is 7.04. The predicted molar refractivity (Wildman–Crippen MR) is 47.3 cm³/mol. The predicted octanol–water partition coefficient (Wildman–Crippen LogP) is 2.59. The first-order valence-corrected chi connectivity index (χ1v) is 4.44. The lowest BCUT2D eigenvalue weighted by Gasteiger charge is -2.16. The molecule has 0 N–H and O–H groups in total. The molecule has 0 aliphatic carbocycles. The molecular formula is C8H12FNOS. The Hall–Kier alpha value is -0.640. The SMILES string of the molecule is COc1c(C(C)(C)C)nsc1F. The van der Waals surface area contributed by atoms with Crippen LogP contribution in [0.1, 0.15) is 26.5 Å². The quantitative estimate of drug-likeness (QED) is 0.677. The molecule has 0 saturated heterocycles. The van der Waals surface area contributed by atoms with E-state index in [1.54, 1.807) is 0 Å². The minimum absolute atomic E-state index is 0.161. The molecule has 1 aromatic rings. The molecule has 0 unspecified atom stereocenters. The summed E-state index contributed by atoms with van der Waals surface area (Å²) in [7, 11) is 1.46. The van der Waals surface area contributed by atoms with Crippen LogP contribution in [0.25, 0.3) is 0 Å². The maximum absolute atomic E-state index is 13.0. The molecule has 4 heteroatoms. The van der Waals surface area contributed by atoms with Gasteiger partial charge in [-0.05, 0) is 11.5 Å². The average Bonchev–Trinajstić information content (AvgIpc) is 2.29. The Bertz CT molecular complexity index is 277. The van der Waals surface area contributed by atoms with Gasteiger partial charge in [-0.1, -0.05) is 20.8 Å². The van der Waals surface area contributed by atoms with Crippen molar-refractivity contribution < 1.29 is 9.13 Å². The topological polar surface area (TPSA) is 22.1 Å². The molecule has 1 heterocycles. The van der Waals surface area contributed by atoms with Crippen LogP contribution in [0.2, 0.25) is 0 Å². The summed E-state index contributed by atoms with van der Waals surface area (Å²) in [5, 5.41) is -0.345. The summed E-state index contributed by atoms with van der Waals surface area (Å²) >= 11 is 0.841. The van der Waals surface area contributed by atoms with Crippen LogP contribution in [0.15, 0.2) is 0 Å². The van der Waals surface area contributed by atoms with Crippen LogP contribution in [-0.2, 0) is 5.41 Å². The van der Waals surface area contributed by atoms with Gasteiger partial charge < -0.3 is 4.74 Å². The van der Waals surface area contributed by atoms with Crippen LogP contribution in [0.5, 0.6) is 5.75 Å². The van der Waals surface area contributed by atoms with Crippen molar-refractivity contribution >= 4 is 11.5 Å². The van der Waals surface area contributed by atoms with Crippen LogP contribution in [-0.4, -0.2) is 11.5 Å². The van der Waals surface area contributed by atoms with E-state index >= 15 is 0 Å². The van der Waals surface area contributed by atoms with Crippen molar-refractivity contribution in [3.8, 4) is 5.75 Å². The molecule has 1 aromatic heterocycles. The van der Waals surface area contributed by atoms with Gasteiger partial charge in [-0.3, -0.25) is 0 Å². The fourth-order valence-electron chi connectivity index (χ4n) is 0.916. The van der Waals surface area contributed by atoms with E-state index in [0.717, 1.165) is 11.5 Å². The van der Waals surface area contributed by atoms with Crippen molar-refractivity contribution in [2.24, 2.45) is 0 Å². The highest BCUT2D eigenvalue weighted by atomic mass is 32.1. The normalized spacial score (nSPS) is 11.8. The van der Waals surface area contributed by atoms with Crippen LogP contribution in [0, 0.1) is 5.13 Å². The van der Waals surface area contributed by atoms with E-state index in [0.29, 0.717) is 5.69 Å². The minimum Gasteiger partial charge on any atom is -0.491 e. The highest BCUT2D eigenvalue weighted by Gasteiger charge is 2.25. The number of rotatable bonds is 1. The molecule has 2 nitrogen and oxygen atoms in total. The summed E-state index contributed by atoms with van der Waals surface area (Å²) in [5.74, 6) is 0.285. The first kappa shape index (κ1) is 9.45. The van der Waals surface area contributed by atoms with Gasteiger partial charge in [0, 0.05) is 5.41 Å². The standard InChI is InChI=1S/C8H12FNOS/c1-8(2,3)6-5(11-4)7(9)12-10-6/h1-4H3. The Balaban J connectivity index is 3.16. The molecule has 0 bridgehead atoms. The Morgan fingerprint density at radius 3 is 2.33 bits per heavy atom. The number of aromatic nitrogens is 1. The number of halogens is 1. The van der Waals surface area contributed by atoms with Gasteiger partial charge in [-0.15, -0.1) is 0 Å². The summed E-state index contributed by atoms with van der Waals surface area (Å²) in [6.07, 6.45) is 0. The molecule has 0 amide bonds. The van der Waals surface area contributed by atoms with Gasteiger partial charge in [0.1, 0.15) is 5.69 Å². The lowest BCUT2D eigenvalue weighted by molar-refractivity contribution is 0.375. The average molecular weight is 189 g/mol. The third-order valence-corrected chi connectivity index (χ3v) is 2.14. The molecule has 0 saturated carbocycles. The monoisotopic (exact) mass is 189 g/mol. The summed E-state index contributed by atoms with van der Waals surface area (Å²) in [6, 6.07) is 0. The van der Waals surface area contributed by atoms with E-state index in [9.17, 15) is 4.39 Å². The third-order valence-electron chi connectivity index (χ3n) is 1.53. The van der Waals surface area contributed by atoms with Gasteiger partial charge >= 0.3 is 0 Å². The molecule has 12 heavy (non-hydrogen) atoms. The Morgan fingerprint density at radius 1 is 1.42 bits per heavy atom. The fourth-order valence-corrected chi connectivity index (χ4v) is 1.71. The van der Waals surface area contributed by atoms with Gasteiger partial charge in [-0.2, -0.15) is 8.76 Å². The molecule has 0 aromatic carbocycles. The van der Waals surface area contributed by atoms with E-state index in [1.807, 2.05) is 20.8 Å². The van der Waals surface area contributed by atoms with Gasteiger partial charge in [0.2, 0.25) is 5.13 Å². The highest BCUT2D eigenvalue weighted by Crippen LogP contribution is 2.34. The lowest BCUT2D eigenvalue weighted by Crippen LogP contribution is -2.12. The Kier molecular flexibility index (Phi) is 2.37. The summed E-state index contributed by atoms with van der Waals surface area (Å²) in [6.45, 7) is 5.93. The molecule has 0 fully saturated rings. The van der Waals surface area contributed by atoms with E-state index in [-0.39, 0.29) is 16.3 Å². The van der Waals surface area contributed by atoms with Crippen LogP contribution in [0.4, 0.5) is 4.39 Å². The molecule has 68 valence electrons. The van der Waals surface area contributed by atoms with Crippen molar-refractivity contribution in [3.63, 3.8) is 0 Å².